The molecule has 24 heavy (non-hydrogen) atoms. The Kier molecular flexibility index (Phi) is 6.12. The average molecular weight is 386 g/mol. The molecule has 1 atom stereocenters. The molecule has 1 aliphatic carbocycles. The van der Waals surface area contributed by atoms with E-state index in [0.717, 1.165) is 54.4 Å². The second-order valence-corrected chi connectivity index (χ2v) is 9.48. The molecule has 3 rings (SSSR count). The van der Waals surface area contributed by atoms with Crippen molar-refractivity contribution in [3.8, 4) is 0 Å². The molecule has 2 heterocycles. The highest BCUT2D eigenvalue weighted by atomic mass is 32.2. The quantitative estimate of drug-likeness (QED) is 0.762. The van der Waals surface area contributed by atoms with Crippen LogP contribution in [0.25, 0.3) is 0 Å². The van der Waals surface area contributed by atoms with Crippen molar-refractivity contribution in [1.82, 2.24) is 9.88 Å². The lowest BCUT2D eigenvalue weighted by molar-refractivity contribution is -0.883. The summed E-state index contributed by atoms with van der Waals surface area (Å²) in [6.07, 6.45) is 3.32. The van der Waals surface area contributed by atoms with Crippen LogP contribution in [0.5, 0.6) is 0 Å². The lowest BCUT2D eigenvalue weighted by Crippen LogP contribution is -3.12. The van der Waals surface area contributed by atoms with E-state index in [1.807, 2.05) is 0 Å². The number of nitrogens with zero attached hydrogens (tertiary/aromatic N) is 2. The third-order valence-corrected chi connectivity index (χ3v) is 7.19. The first kappa shape index (κ1) is 18.1. The molecule has 0 radical (unpaired) electrons. The van der Waals surface area contributed by atoms with Gasteiger partial charge < -0.3 is 15.1 Å². The predicted molar refractivity (Wildman–Crippen MR) is 105 cm³/mol. The SMILES string of the molecule is C[C@@H]1CCc2nc(NC(=O)CSC(=S)N3CC[NH+](C)CC3)sc2C1. The van der Waals surface area contributed by atoms with Crippen LogP contribution in [0.15, 0.2) is 0 Å². The van der Waals surface area contributed by atoms with Gasteiger partial charge in [0.2, 0.25) is 5.91 Å². The molecule has 5 nitrogen and oxygen atoms in total. The van der Waals surface area contributed by atoms with E-state index in [1.54, 1.807) is 16.2 Å². The zero-order valence-corrected chi connectivity index (χ0v) is 16.7. The monoisotopic (exact) mass is 385 g/mol. The van der Waals surface area contributed by atoms with Crippen molar-refractivity contribution in [3.05, 3.63) is 10.6 Å². The summed E-state index contributed by atoms with van der Waals surface area (Å²) in [7, 11) is 2.20. The summed E-state index contributed by atoms with van der Waals surface area (Å²) in [4.78, 5) is 21.9. The molecular formula is C16H25N4OS3+. The van der Waals surface area contributed by atoms with Crippen molar-refractivity contribution in [2.45, 2.75) is 26.2 Å². The number of nitrogens with one attached hydrogen (secondary N) is 2. The Labute approximate surface area is 157 Å². The zero-order chi connectivity index (χ0) is 17.1. The highest BCUT2D eigenvalue weighted by Gasteiger charge is 2.22. The molecular weight excluding hydrogens is 360 g/mol. The number of anilines is 1. The second-order valence-electron chi connectivity index (χ2n) is 6.78. The number of hydrogen-bond donors (Lipinski definition) is 2. The summed E-state index contributed by atoms with van der Waals surface area (Å²) >= 11 is 8.56. The molecule has 1 saturated heterocycles. The number of rotatable bonds is 3. The molecule has 0 bridgehead atoms. The lowest BCUT2D eigenvalue weighted by atomic mass is 9.93. The third-order valence-electron chi connectivity index (χ3n) is 4.63. The molecule has 1 amide bonds. The number of thioether (sulfide) groups is 1. The minimum absolute atomic E-state index is 0.0127. The van der Waals surface area contributed by atoms with Gasteiger partial charge in [-0.25, -0.2) is 4.98 Å². The summed E-state index contributed by atoms with van der Waals surface area (Å²) in [5.74, 6) is 1.07. The van der Waals surface area contributed by atoms with Gasteiger partial charge in [0.15, 0.2) is 5.13 Å². The number of likely N-dealkylation sites (N-methyl/N-ethyl adjacent to an activating group) is 1. The Balaban J connectivity index is 1.45. The van der Waals surface area contributed by atoms with Crippen molar-refractivity contribution in [2.24, 2.45) is 5.92 Å². The van der Waals surface area contributed by atoms with Gasteiger partial charge in [-0.2, -0.15) is 0 Å². The standard InChI is InChI=1S/C16H24N4OS3/c1-11-3-4-12-13(9-11)24-15(17-12)18-14(21)10-23-16(22)20-7-5-19(2)6-8-20/h11H,3-10H2,1-2H3,(H,17,18,21)/p+1/t11-/m1/s1. The highest BCUT2D eigenvalue weighted by Crippen LogP contribution is 2.32. The van der Waals surface area contributed by atoms with Crippen LogP contribution in [0.1, 0.15) is 23.9 Å². The van der Waals surface area contributed by atoms with Crippen LogP contribution >= 0.6 is 35.3 Å². The summed E-state index contributed by atoms with van der Waals surface area (Å²) in [6, 6.07) is 0. The first-order valence-corrected chi connectivity index (χ1v) is 10.7. The number of hydrogen-bond acceptors (Lipinski definition) is 5. The fraction of sp³-hybridized carbons (Fsp3) is 0.688. The Bertz CT molecular complexity index is 610. The van der Waals surface area contributed by atoms with Crippen molar-refractivity contribution >= 4 is 50.7 Å². The van der Waals surface area contributed by atoms with E-state index < -0.39 is 0 Å². The highest BCUT2D eigenvalue weighted by molar-refractivity contribution is 8.23. The molecule has 0 saturated carbocycles. The third kappa shape index (κ3) is 4.68. The number of carbonyl (C=O) groups excluding carboxylic acids is 1. The van der Waals surface area contributed by atoms with Crippen LogP contribution in [0, 0.1) is 5.92 Å². The summed E-state index contributed by atoms with van der Waals surface area (Å²) < 4.78 is 0.838. The van der Waals surface area contributed by atoms with Crippen molar-refractivity contribution in [2.75, 3.05) is 44.3 Å². The van der Waals surface area contributed by atoms with Crippen molar-refractivity contribution in [1.29, 1.82) is 0 Å². The molecule has 1 aliphatic heterocycles. The minimum atomic E-state index is -0.0127. The van der Waals surface area contributed by atoms with E-state index in [-0.39, 0.29) is 5.91 Å². The number of aromatic nitrogens is 1. The summed E-state index contributed by atoms with van der Waals surface area (Å²) in [5, 5.41) is 3.69. The van der Waals surface area contributed by atoms with Gasteiger partial charge in [0, 0.05) is 4.88 Å². The van der Waals surface area contributed by atoms with Gasteiger partial charge >= 0.3 is 0 Å². The maximum Gasteiger partial charge on any atom is 0.236 e. The number of thiocarbonyl (C=S) groups is 1. The Morgan fingerprint density at radius 1 is 1.50 bits per heavy atom. The average Bonchev–Trinajstić information content (AvgIpc) is 2.94. The molecule has 8 heteroatoms. The number of thiazole rings is 1. The fourth-order valence-corrected chi connectivity index (χ4v) is 5.28. The first-order valence-electron chi connectivity index (χ1n) is 8.52. The molecule has 1 aromatic rings. The number of amides is 1. The second kappa shape index (κ2) is 8.12. The maximum absolute atomic E-state index is 12.2. The van der Waals surface area contributed by atoms with Crippen LogP contribution in [-0.4, -0.2) is 59.1 Å². The lowest BCUT2D eigenvalue weighted by Gasteiger charge is -2.31. The van der Waals surface area contributed by atoms with Crippen molar-refractivity contribution < 1.29 is 9.69 Å². The Morgan fingerprint density at radius 2 is 2.25 bits per heavy atom. The van der Waals surface area contributed by atoms with Gasteiger partial charge in [0.1, 0.15) is 4.32 Å². The zero-order valence-electron chi connectivity index (χ0n) is 14.3. The minimum Gasteiger partial charge on any atom is -0.346 e. The van der Waals surface area contributed by atoms with E-state index in [1.165, 1.54) is 28.8 Å². The van der Waals surface area contributed by atoms with Gasteiger partial charge in [0.05, 0.1) is 44.7 Å². The molecule has 2 aliphatic rings. The maximum atomic E-state index is 12.2. The normalized spacial score (nSPS) is 21.4. The first-order chi connectivity index (χ1) is 11.5. The largest absolute Gasteiger partial charge is 0.346 e. The molecule has 0 spiro atoms. The van der Waals surface area contributed by atoms with Gasteiger partial charge in [0.25, 0.3) is 0 Å². The molecule has 0 aromatic carbocycles. The van der Waals surface area contributed by atoms with E-state index in [9.17, 15) is 4.79 Å². The van der Waals surface area contributed by atoms with E-state index in [2.05, 4.69) is 29.2 Å². The topological polar surface area (TPSA) is 49.7 Å². The van der Waals surface area contributed by atoms with Crippen LogP contribution in [0.2, 0.25) is 0 Å². The molecule has 132 valence electrons. The van der Waals surface area contributed by atoms with Crippen molar-refractivity contribution in [3.63, 3.8) is 0 Å². The number of aryl methyl sites for hydroxylation is 1. The van der Waals surface area contributed by atoms with Gasteiger partial charge in [-0.1, -0.05) is 30.9 Å². The van der Waals surface area contributed by atoms with Crippen LogP contribution in [0.3, 0.4) is 0 Å². The molecule has 1 fully saturated rings. The Hall–Kier alpha value is -0.700. The fourth-order valence-electron chi connectivity index (χ4n) is 3.04. The molecule has 1 aromatic heterocycles. The summed E-state index contributed by atoms with van der Waals surface area (Å²) in [5.41, 5.74) is 1.18. The van der Waals surface area contributed by atoms with Crippen LogP contribution < -0.4 is 10.2 Å². The predicted octanol–water partition coefficient (Wildman–Crippen LogP) is 1.05. The van der Waals surface area contributed by atoms with Gasteiger partial charge in [-0.15, -0.1) is 11.3 Å². The van der Waals surface area contributed by atoms with E-state index in [0.29, 0.717) is 5.75 Å². The van der Waals surface area contributed by atoms with E-state index in [4.69, 9.17) is 12.2 Å². The van der Waals surface area contributed by atoms with Gasteiger partial charge in [-0.05, 0) is 25.2 Å². The van der Waals surface area contributed by atoms with E-state index >= 15 is 0 Å². The number of fused-ring (bicyclic) bond motifs is 1. The molecule has 2 N–H and O–H groups in total. The van der Waals surface area contributed by atoms with Crippen LogP contribution in [0.4, 0.5) is 5.13 Å². The van der Waals surface area contributed by atoms with Gasteiger partial charge in [-0.3, -0.25) is 4.79 Å². The Morgan fingerprint density at radius 3 is 3.00 bits per heavy atom. The number of carbonyl (C=O) groups is 1. The number of quaternary nitrogens is 1. The number of piperazine rings is 1. The van der Waals surface area contributed by atoms with Crippen LogP contribution in [-0.2, 0) is 17.6 Å². The smallest absolute Gasteiger partial charge is 0.236 e. The summed E-state index contributed by atoms with van der Waals surface area (Å²) in [6.45, 7) is 6.46. The molecule has 0 unspecified atom stereocenters.